The van der Waals surface area contributed by atoms with Gasteiger partial charge >= 0.3 is 0 Å². The Morgan fingerprint density at radius 3 is 2.77 bits per heavy atom. The number of hydrogen-bond donors (Lipinski definition) is 3. The van der Waals surface area contributed by atoms with E-state index >= 15 is 0 Å². The molecule has 1 unspecified atom stereocenters. The third kappa shape index (κ3) is 6.59. The Hall–Kier alpha value is -2.34. The van der Waals surface area contributed by atoms with Gasteiger partial charge < -0.3 is 25.4 Å². The largest absolute Gasteiger partial charge is 0.508 e. The van der Waals surface area contributed by atoms with Gasteiger partial charge in [-0.15, -0.1) is 24.0 Å². The fraction of sp³-hybridized carbons (Fsp3) is 0.450. The van der Waals surface area contributed by atoms with E-state index in [1.165, 1.54) is 12.1 Å². The molecule has 1 aromatic heterocycles. The molecule has 1 aliphatic heterocycles. The second-order valence-corrected chi connectivity index (χ2v) is 6.79. The number of nitrogens with zero attached hydrogens (tertiary/aromatic N) is 4. The van der Waals surface area contributed by atoms with Crippen molar-refractivity contribution < 1.29 is 14.6 Å². The van der Waals surface area contributed by atoms with E-state index < -0.39 is 0 Å². The number of amides is 1. The Morgan fingerprint density at radius 1 is 1.33 bits per heavy atom. The number of benzene rings is 1. The number of ether oxygens (including phenoxy) is 1. The van der Waals surface area contributed by atoms with Crippen LogP contribution in [0.3, 0.4) is 0 Å². The first-order chi connectivity index (χ1) is 14.1. The number of guanidine groups is 1. The topological polar surface area (TPSA) is 104 Å². The van der Waals surface area contributed by atoms with Crippen LogP contribution in [0.15, 0.2) is 41.7 Å². The van der Waals surface area contributed by atoms with Crippen LogP contribution in [-0.4, -0.2) is 71.0 Å². The van der Waals surface area contributed by atoms with Crippen molar-refractivity contribution in [1.29, 1.82) is 0 Å². The van der Waals surface area contributed by atoms with Gasteiger partial charge in [-0.2, -0.15) is 5.10 Å². The molecular weight excluding hydrogens is 499 g/mol. The number of carbonyl (C=O) groups is 1. The number of nitrogens with one attached hydrogen (secondary N) is 2. The van der Waals surface area contributed by atoms with Crippen molar-refractivity contribution in [3.05, 3.63) is 47.8 Å². The van der Waals surface area contributed by atoms with Gasteiger partial charge in [0.1, 0.15) is 11.9 Å². The molecule has 30 heavy (non-hydrogen) atoms. The van der Waals surface area contributed by atoms with Crippen LogP contribution in [0.2, 0.25) is 0 Å². The van der Waals surface area contributed by atoms with E-state index in [1.54, 1.807) is 16.8 Å². The van der Waals surface area contributed by atoms with Gasteiger partial charge in [0.15, 0.2) is 5.96 Å². The van der Waals surface area contributed by atoms with Crippen molar-refractivity contribution >= 4 is 35.8 Å². The number of morpholine rings is 1. The number of hydrogen-bond acceptors (Lipinski definition) is 5. The van der Waals surface area contributed by atoms with Gasteiger partial charge in [0.05, 0.1) is 25.9 Å². The molecule has 9 nitrogen and oxygen atoms in total. The number of phenolic OH excluding ortho intramolecular Hbond substituents is 1. The third-order valence-electron chi connectivity index (χ3n) is 4.59. The van der Waals surface area contributed by atoms with Gasteiger partial charge in [0.25, 0.3) is 5.91 Å². The summed E-state index contributed by atoms with van der Waals surface area (Å²) in [5.41, 5.74) is 1.56. The minimum atomic E-state index is -0.187. The quantitative estimate of drug-likeness (QED) is 0.228. The SMILES string of the molecule is CCNC(=NCCNC(=O)c1ccc(O)cc1)N1CCOC(c2cnn(C)c2)C1.I. The average Bonchev–Trinajstić information content (AvgIpc) is 3.17. The van der Waals surface area contributed by atoms with Crippen molar-refractivity contribution in [3.8, 4) is 5.75 Å². The van der Waals surface area contributed by atoms with Gasteiger partial charge in [0, 0.05) is 44.0 Å². The Balaban J connectivity index is 0.00000320. The first-order valence-corrected chi connectivity index (χ1v) is 9.77. The van der Waals surface area contributed by atoms with Crippen molar-refractivity contribution in [2.75, 3.05) is 39.3 Å². The van der Waals surface area contributed by atoms with E-state index in [9.17, 15) is 9.90 Å². The summed E-state index contributed by atoms with van der Waals surface area (Å²) in [5.74, 6) is 0.758. The van der Waals surface area contributed by atoms with Gasteiger partial charge in [-0.1, -0.05) is 0 Å². The second kappa shape index (κ2) is 11.7. The lowest BCUT2D eigenvalue weighted by Crippen LogP contribution is -2.48. The van der Waals surface area contributed by atoms with Crippen LogP contribution in [0.5, 0.6) is 5.75 Å². The number of aromatic nitrogens is 2. The molecule has 1 aromatic carbocycles. The van der Waals surface area contributed by atoms with E-state index in [1.807, 2.05) is 26.4 Å². The number of rotatable bonds is 6. The highest BCUT2D eigenvalue weighted by Gasteiger charge is 2.25. The molecule has 1 aliphatic rings. The van der Waals surface area contributed by atoms with Crippen molar-refractivity contribution in [1.82, 2.24) is 25.3 Å². The maximum Gasteiger partial charge on any atom is 0.251 e. The summed E-state index contributed by atoms with van der Waals surface area (Å²) in [5, 5.41) is 19.7. The first-order valence-electron chi connectivity index (χ1n) is 9.77. The zero-order valence-corrected chi connectivity index (χ0v) is 19.6. The molecule has 1 saturated heterocycles. The Labute approximate surface area is 193 Å². The monoisotopic (exact) mass is 528 g/mol. The van der Waals surface area contributed by atoms with Gasteiger partial charge in [-0.3, -0.25) is 14.5 Å². The van der Waals surface area contributed by atoms with Crippen LogP contribution < -0.4 is 10.6 Å². The molecule has 2 aromatic rings. The smallest absolute Gasteiger partial charge is 0.251 e. The summed E-state index contributed by atoms with van der Waals surface area (Å²) in [4.78, 5) is 19.0. The number of phenols is 1. The van der Waals surface area contributed by atoms with Gasteiger partial charge in [-0.25, -0.2) is 0 Å². The standard InChI is InChI=1S/C20H28N6O3.HI/c1-3-21-20(23-9-8-22-19(28)15-4-6-17(27)7-5-15)26-10-11-29-18(14-26)16-12-24-25(2)13-16;/h4-7,12-13,18,27H,3,8-11,14H2,1-2H3,(H,21,23)(H,22,28);1H. The summed E-state index contributed by atoms with van der Waals surface area (Å²) in [7, 11) is 1.89. The molecule has 1 fully saturated rings. The molecule has 1 amide bonds. The van der Waals surface area contributed by atoms with Crippen LogP contribution in [0.4, 0.5) is 0 Å². The maximum atomic E-state index is 12.1. The molecule has 0 saturated carbocycles. The van der Waals surface area contributed by atoms with Crippen LogP contribution in [0.25, 0.3) is 0 Å². The fourth-order valence-corrected chi connectivity index (χ4v) is 3.12. The van der Waals surface area contributed by atoms with Crippen LogP contribution in [0.1, 0.15) is 28.9 Å². The number of carbonyl (C=O) groups excluding carboxylic acids is 1. The Morgan fingerprint density at radius 2 is 2.10 bits per heavy atom. The molecule has 0 spiro atoms. The summed E-state index contributed by atoms with van der Waals surface area (Å²) in [6.45, 7) is 5.72. The number of halogens is 1. The van der Waals surface area contributed by atoms with Crippen molar-refractivity contribution in [2.45, 2.75) is 13.0 Å². The van der Waals surface area contributed by atoms with E-state index in [4.69, 9.17) is 4.74 Å². The first kappa shape index (κ1) is 23.9. The van der Waals surface area contributed by atoms with Crippen LogP contribution in [-0.2, 0) is 11.8 Å². The molecule has 3 rings (SSSR count). The predicted molar refractivity (Wildman–Crippen MR) is 125 cm³/mol. The fourth-order valence-electron chi connectivity index (χ4n) is 3.12. The number of aryl methyl sites for hydroxylation is 1. The minimum Gasteiger partial charge on any atom is -0.508 e. The summed E-state index contributed by atoms with van der Waals surface area (Å²) in [6, 6.07) is 6.16. The molecule has 0 aliphatic carbocycles. The zero-order valence-electron chi connectivity index (χ0n) is 17.2. The lowest BCUT2D eigenvalue weighted by Gasteiger charge is -2.34. The molecule has 164 valence electrons. The third-order valence-corrected chi connectivity index (χ3v) is 4.59. The summed E-state index contributed by atoms with van der Waals surface area (Å²) in [6.07, 6.45) is 3.75. The van der Waals surface area contributed by atoms with E-state index in [0.717, 1.165) is 24.6 Å². The molecule has 10 heteroatoms. The minimum absolute atomic E-state index is 0. The van der Waals surface area contributed by atoms with E-state index in [0.29, 0.717) is 31.8 Å². The number of aliphatic imine (C=N–C) groups is 1. The predicted octanol–water partition coefficient (Wildman–Crippen LogP) is 1.51. The zero-order chi connectivity index (χ0) is 20.6. The lowest BCUT2D eigenvalue weighted by molar-refractivity contribution is -0.00803. The normalized spacial score (nSPS) is 16.7. The molecule has 3 N–H and O–H groups in total. The van der Waals surface area contributed by atoms with E-state index in [2.05, 4.69) is 25.6 Å². The van der Waals surface area contributed by atoms with E-state index in [-0.39, 0.29) is 41.7 Å². The second-order valence-electron chi connectivity index (χ2n) is 6.79. The molecule has 1 atom stereocenters. The number of aromatic hydroxyl groups is 1. The Bertz CT molecular complexity index is 839. The van der Waals surface area contributed by atoms with Crippen LogP contribution in [0, 0.1) is 0 Å². The Kier molecular flexibility index (Phi) is 9.37. The van der Waals surface area contributed by atoms with Gasteiger partial charge in [-0.05, 0) is 31.2 Å². The maximum absolute atomic E-state index is 12.1. The average molecular weight is 528 g/mol. The van der Waals surface area contributed by atoms with Crippen molar-refractivity contribution in [3.63, 3.8) is 0 Å². The summed E-state index contributed by atoms with van der Waals surface area (Å²) < 4.78 is 7.67. The van der Waals surface area contributed by atoms with Crippen LogP contribution >= 0.6 is 24.0 Å². The lowest BCUT2D eigenvalue weighted by atomic mass is 10.1. The summed E-state index contributed by atoms with van der Waals surface area (Å²) >= 11 is 0. The molecule has 0 bridgehead atoms. The molecule has 2 heterocycles. The highest BCUT2D eigenvalue weighted by molar-refractivity contribution is 14.0. The van der Waals surface area contributed by atoms with Crippen molar-refractivity contribution in [2.24, 2.45) is 12.0 Å². The molecular formula is C20H29IN6O3. The highest BCUT2D eigenvalue weighted by Crippen LogP contribution is 2.21. The highest BCUT2D eigenvalue weighted by atomic mass is 127. The van der Waals surface area contributed by atoms with Gasteiger partial charge in [0.2, 0.25) is 0 Å². The molecule has 0 radical (unpaired) electrons.